The van der Waals surface area contributed by atoms with E-state index in [-0.39, 0.29) is 19.2 Å². The lowest BCUT2D eigenvalue weighted by molar-refractivity contribution is -0.158. The van der Waals surface area contributed by atoms with Gasteiger partial charge in [0.1, 0.15) is 12.0 Å². The van der Waals surface area contributed by atoms with E-state index in [1.54, 1.807) is 31.2 Å². The minimum absolute atomic E-state index is 0.0211. The summed E-state index contributed by atoms with van der Waals surface area (Å²) in [5, 5.41) is 0. The Morgan fingerprint density at radius 1 is 1.03 bits per heavy atom. The zero-order valence-corrected chi connectivity index (χ0v) is 18.5. The molecule has 1 atom stereocenters. The Kier molecular flexibility index (Phi) is 6.44. The maximum atomic E-state index is 12.8. The molecule has 1 heterocycles. The molecule has 1 fully saturated rings. The highest BCUT2D eigenvalue weighted by Crippen LogP contribution is 2.43. The molecule has 1 aromatic carbocycles. The van der Waals surface area contributed by atoms with Crippen molar-refractivity contribution in [1.29, 1.82) is 0 Å². The fraction of sp³-hybridized carbons (Fsp3) is 0.565. The van der Waals surface area contributed by atoms with E-state index in [1.807, 2.05) is 39.8 Å². The number of ether oxygens (including phenoxy) is 2. The maximum absolute atomic E-state index is 12.8. The van der Waals surface area contributed by atoms with Crippen molar-refractivity contribution < 1.29 is 28.4 Å². The van der Waals surface area contributed by atoms with Crippen molar-refractivity contribution in [1.82, 2.24) is 0 Å². The van der Waals surface area contributed by atoms with Crippen LogP contribution in [0.5, 0.6) is 0 Å². The molecular weight excluding hydrogens is 383 g/mol. The van der Waals surface area contributed by atoms with Crippen molar-refractivity contribution in [3.8, 4) is 0 Å². The van der Waals surface area contributed by atoms with E-state index in [9.17, 15) is 9.59 Å². The Morgan fingerprint density at radius 2 is 1.67 bits per heavy atom. The van der Waals surface area contributed by atoms with E-state index in [1.165, 1.54) is 0 Å². The van der Waals surface area contributed by atoms with Crippen LogP contribution in [0, 0.1) is 5.41 Å². The van der Waals surface area contributed by atoms with Gasteiger partial charge >= 0.3 is 19.1 Å². The number of allylic oxidation sites excluding steroid dienone is 2. The summed E-state index contributed by atoms with van der Waals surface area (Å²) in [7, 11) is -0.429. The van der Waals surface area contributed by atoms with Gasteiger partial charge in [0.2, 0.25) is 0 Å². The Morgan fingerprint density at radius 3 is 2.20 bits per heavy atom. The van der Waals surface area contributed by atoms with Gasteiger partial charge in [-0.3, -0.25) is 4.79 Å². The Labute approximate surface area is 179 Å². The van der Waals surface area contributed by atoms with Crippen LogP contribution in [0.1, 0.15) is 64.2 Å². The van der Waals surface area contributed by atoms with Gasteiger partial charge in [0.15, 0.2) is 0 Å². The van der Waals surface area contributed by atoms with Gasteiger partial charge in [0.25, 0.3) is 0 Å². The minimum Gasteiger partial charge on any atom is -0.465 e. The van der Waals surface area contributed by atoms with Crippen LogP contribution in [0.2, 0.25) is 0 Å². The van der Waals surface area contributed by atoms with Gasteiger partial charge in [-0.15, -0.1) is 0 Å². The van der Waals surface area contributed by atoms with E-state index < -0.39 is 29.7 Å². The SMILES string of the molecule is CCOC(=O)[C@]1(COC(=O)c2ccccc2)CC=C(B2OC(C)(C)C(C)(C)O2)CC1. The zero-order chi connectivity index (χ0) is 22.0. The molecule has 7 heteroatoms. The monoisotopic (exact) mass is 414 g/mol. The van der Waals surface area contributed by atoms with Crippen LogP contribution < -0.4 is 0 Å². The maximum Gasteiger partial charge on any atom is 0.490 e. The molecule has 0 spiro atoms. The number of hydrogen-bond acceptors (Lipinski definition) is 6. The molecule has 0 saturated carbocycles. The Balaban J connectivity index is 1.73. The lowest BCUT2D eigenvalue weighted by atomic mass is 9.66. The van der Waals surface area contributed by atoms with Crippen LogP contribution in [-0.4, -0.2) is 43.5 Å². The predicted octanol–water partition coefficient (Wildman–Crippen LogP) is 4.13. The van der Waals surface area contributed by atoms with E-state index in [0.717, 1.165) is 5.47 Å². The van der Waals surface area contributed by atoms with Gasteiger partial charge < -0.3 is 18.8 Å². The van der Waals surface area contributed by atoms with Crippen LogP contribution in [0.25, 0.3) is 0 Å². The molecular formula is C23H31BO6. The third-order valence-electron chi connectivity index (χ3n) is 6.40. The van der Waals surface area contributed by atoms with Crippen LogP contribution in [0.4, 0.5) is 0 Å². The first kappa shape index (κ1) is 22.6. The smallest absolute Gasteiger partial charge is 0.465 e. The normalized spacial score (nSPS) is 24.8. The third kappa shape index (κ3) is 4.47. The molecule has 0 unspecified atom stereocenters. The summed E-state index contributed by atoms with van der Waals surface area (Å²) in [6.07, 6.45) is 3.51. The van der Waals surface area contributed by atoms with Gasteiger partial charge in [-0.25, -0.2) is 4.79 Å². The largest absolute Gasteiger partial charge is 0.490 e. The van der Waals surface area contributed by atoms with E-state index >= 15 is 0 Å². The van der Waals surface area contributed by atoms with E-state index in [2.05, 4.69) is 0 Å². The van der Waals surface area contributed by atoms with Crippen LogP contribution >= 0.6 is 0 Å². The van der Waals surface area contributed by atoms with Crippen molar-refractivity contribution in [3.05, 3.63) is 47.4 Å². The molecule has 0 aromatic heterocycles. The molecule has 2 aliphatic rings. The molecule has 1 aliphatic heterocycles. The van der Waals surface area contributed by atoms with Crippen LogP contribution in [0.3, 0.4) is 0 Å². The van der Waals surface area contributed by atoms with Crippen LogP contribution in [-0.2, 0) is 23.6 Å². The number of carbonyl (C=O) groups excluding carboxylic acids is 2. The predicted molar refractivity (Wildman–Crippen MR) is 114 cm³/mol. The summed E-state index contributed by atoms with van der Waals surface area (Å²) in [4.78, 5) is 25.2. The second kappa shape index (κ2) is 8.56. The van der Waals surface area contributed by atoms with Gasteiger partial charge in [0.05, 0.1) is 23.4 Å². The number of hydrogen-bond donors (Lipinski definition) is 0. The summed E-state index contributed by atoms with van der Waals surface area (Å²) < 4.78 is 23.1. The van der Waals surface area contributed by atoms with Gasteiger partial charge in [-0.1, -0.05) is 24.3 Å². The molecule has 0 amide bonds. The number of benzene rings is 1. The van der Waals surface area contributed by atoms with Crippen molar-refractivity contribution >= 4 is 19.1 Å². The Hall–Kier alpha value is -2.12. The fourth-order valence-corrected chi connectivity index (χ4v) is 3.64. The highest BCUT2D eigenvalue weighted by Gasteiger charge is 2.53. The summed E-state index contributed by atoms with van der Waals surface area (Å²) in [6, 6.07) is 8.77. The quantitative estimate of drug-likeness (QED) is 0.515. The van der Waals surface area contributed by atoms with Crippen molar-refractivity contribution in [2.75, 3.05) is 13.2 Å². The molecule has 0 N–H and O–H groups in total. The highest BCUT2D eigenvalue weighted by molar-refractivity contribution is 6.54. The molecule has 162 valence electrons. The second-order valence-electron chi connectivity index (χ2n) is 9.01. The molecule has 3 rings (SSSR count). The molecule has 1 aliphatic carbocycles. The average Bonchev–Trinajstić information content (AvgIpc) is 2.94. The number of rotatable bonds is 6. The lowest BCUT2D eigenvalue weighted by Gasteiger charge is -2.34. The van der Waals surface area contributed by atoms with Crippen molar-refractivity contribution in [3.63, 3.8) is 0 Å². The van der Waals surface area contributed by atoms with Crippen molar-refractivity contribution in [2.45, 2.75) is 65.1 Å². The van der Waals surface area contributed by atoms with E-state index in [0.29, 0.717) is 24.8 Å². The van der Waals surface area contributed by atoms with Crippen LogP contribution in [0.15, 0.2) is 41.9 Å². The first-order chi connectivity index (χ1) is 14.1. The second-order valence-corrected chi connectivity index (χ2v) is 9.01. The summed E-state index contributed by atoms with van der Waals surface area (Å²) >= 11 is 0. The number of carbonyl (C=O) groups is 2. The first-order valence-electron chi connectivity index (χ1n) is 10.5. The fourth-order valence-electron chi connectivity index (χ4n) is 3.64. The number of esters is 2. The molecule has 1 saturated heterocycles. The van der Waals surface area contributed by atoms with E-state index in [4.69, 9.17) is 18.8 Å². The van der Waals surface area contributed by atoms with Gasteiger partial charge in [0, 0.05) is 0 Å². The zero-order valence-electron chi connectivity index (χ0n) is 18.5. The van der Waals surface area contributed by atoms with Gasteiger partial charge in [-0.2, -0.15) is 0 Å². The Bertz CT molecular complexity index is 800. The van der Waals surface area contributed by atoms with Crippen molar-refractivity contribution in [2.24, 2.45) is 5.41 Å². The molecule has 0 radical (unpaired) electrons. The lowest BCUT2D eigenvalue weighted by Crippen LogP contribution is -2.41. The molecule has 30 heavy (non-hydrogen) atoms. The summed E-state index contributed by atoms with van der Waals surface area (Å²) in [5.74, 6) is -0.782. The summed E-state index contributed by atoms with van der Waals surface area (Å²) in [5.41, 5.74) is -0.254. The average molecular weight is 414 g/mol. The van der Waals surface area contributed by atoms with Gasteiger partial charge in [-0.05, 0) is 71.5 Å². The third-order valence-corrected chi connectivity index (χ3v) is 6.40. The molecule has 0 bridgehead atoms. The highest BCUT2D eigenvalue weighted by atomic mass is 16.7. The topological polar surface area (TPSA) is 71.1 Å². The minimum atomic E-state index is -0.895. The summed E-state index contributed by atoms with van der Waals surface area (Å²) in [6.45, 7) is 10.1. The standard InChI is InChI=1S/C23H31BO6/c1-6-27-20(26)23(16-28-19(25)17-10-8-7-9-11-17)14-12-18(13-15-23)24-29-21(2,3)22(4,5)30-24/h7-12H,6,13-16H2,1-5H3/t23-/m1/s1. The first-order valence-corrected chi connectivity index (χ1v) is 10.5. The molecule has 6 nitrogen and oxygen atoms in total. The molecule has 1 aromatic rings.